The molecule has 66 valence electrons. The van der Waals surface area contributed by atoms with E-state index in [1.165, 1.54) is 29.7 Å². The van der Waals surface area contributed by atoms with Crippen LogP contribution in [0.3, 0.4) is 0 Å². The van der Waals surface area contributed by atoms with Crippen LogP contribution in [0.15, 0.2) is 11.4 Å². The monoisotopic (exact) mass is 181 g/mol. The molecule has 0 bridgehead atoms. The van der Waals surface area contributed by atoms with Gasteiger partial charge in [0, 0.05) is 16.8 Å². The Balaban J connectivity index is 2.24. The third kappa shape index (κ3) is 1.29. The molecule has 1 aliphatic carbocycles. The van der Waals surface area contributed by atoms with Crippen molar-refractivity contribution in [2.24, 2.45) is 5.73 Å². The van der Waals surface area contributed by atoms with Crippen LogP contribution in [0.2, 0.25) is 0 Å². The van der Waals surface area contributed by atoms with E-state index in [-0.39, 0.29) is 0 Å². The van der Waals surface area contributed by atoms with Crippen molar-refractivity contribution in [2.45, 2.75) is 38.1 Å². The summed E-state index contributed by atoms with van der Waals surface area (Å²) in [5.41, 5.74) is 7.48. The molecule has 2 unspecified atom stereocenters. The van der Waals surface area contributed by atoms with Crippen LogP contribution in [0.1, 0.15) is 35.6 Å². The SMILES string of the molecule is Cc1ccsc1C1CCCC1N. The highest BCUT2D eigenvalue weighted by Crippen LogP contribution is 2.37. The van der Waals surface area contributed by atoms with Gasteiger partial charge in [-0.05, 0) is 36.8 Å². The van der Waals surface area contributed by atoms with Crippen LogP contribution < -0.4 is 5.73 Å². The summed E-state index contributed by atoms with van der Waals surface area (Å²) < 4.78 is 0. The summed E-state index contributed by atoms with van der Waals surface area (Å²) in [7, 11) is 0. The molecule has 0 spiro atoms. The van der Waals surface area contributed by atoms with Gasteiger partial charge in [-0.25, -0.2) is 0 Å². The first-order valence-corrected chi connectivity index (χ1v) is 5.46. The molecule has 0 aliphatic heterocycles. The molecule has 1 aromatic heterocycles. The number of thiophene rings is 1. The Morgan fingerprint density at radius 1 is 1.50 bits per heavy atom. The van der Waals surface area contributed by atoms with Crippen molar-refractivity contribution in [1.82, 2.24) is 0 Å². The predicted octanol–water partition coefficient (Wildman–Crippen LogP) is 2.65. The zero-order valence-electron chi connectivity index (χ0n) is 7.42. The molecular formula is C10H15NS. The smallest absolute Gasteiger partial charge is 0.0121 e. The predicted molar refractivity (Wildman–Crippen MR) is 53.6 cm³/mol. The van der Waals surface area contributed by atoms with Crippen molar-refractivity contribution < 1.29 is 0 Å². The van der Waals surface area contributed by atoms with Crippen molar-refractivity contribution in [2.75, 3.05) is 0 Å². The van der Waals surface area contributed by atoms with Gasteiger partial charge in [0.05, 0.1) is 0 Å². The molecule has 1 fully saturated rings. The van der Waals surface area contributed by atoms with Crippen LogP contribution >= 0.6 is 11.3 Å². The van der Waals surface area contributed by atoms with Crippen molar-refractivity contribution in [3.05, 3.63) is 21.9 Å². The van der Waals surface area contributed by atoms with E-state index in [1.54, 1.807) is 0 Å². The van der Waals surface area contributed by atoms with E-state index in [0.29, 0.717) is 12.0 Å². The van der Waals surface area contributed by atoms with Gasteiger partial charge in [0.25, 0.3) is 0 Å². The first-order valence-electron chi connectivity index (χ1n) is 4.58. The highest BCUT2D eigenvalue weighted by atomic mass is 32.1. The van der Waals surface area contributed by atoms with Gasteiger partial charge in [-0.15, -0.1) is 11.3 Å². The highest BCUT2D eigenvalue weighted by molar-refractivity contribution is 7.10. The Bertz CT molecular complexity index is 267. The lowest BCUT2D eigenvalue weighted by atomic mass is 10.00. The van der Waals surface area contributed by atoms with Crippen LogP contribution in [0.25, 0.3) is 0 Å². The van der Waals surface area contributed by atoms with Crippen LogP contribution in [0.4, 0.5) is 0 Å². The zero-order valence-corrected chi connectivity index (χ0v) is 8.23. The molecule has 0 amide bonds. The van der Waals surface area contributed by atoms with Crippen molar-refractivity contribution >= 4 is 11.3 Å². The molecule has 12 heavy (non-hydrogen) atoms. The Hall–Kier alpha value is -0.340. The lowest BCUT2D eigenvalue weighted by Gasteiger charge is -2.14. The molecule has 1 nitrogen and oxygen atoms in total. The summed E-state index contributed by atoms with van der Waals surface area (Å²) in [6.07, 6.45) is 3.81. The van der Waals surface area contributed by atoms with E-state index in [2.05, 4.69) is 18.4 Å². The lowest BCUT2D eigenvalue weighted by Crippen LogP contribution is -2.22. The minimum atomic E-state index is 0.419. The van der Waals surface area contributed by atoms with Crippen molar-refractivity contribution in [1.29, 1.82) is 0 Å². The average molecular weight is 181 g/mol. The van der Waals surface area contributed by atoms with Gasteiger partial charge in [0.2, 0.25) is 0 Å². The van der Waals surface area contributed by atoms with Gasteiger partial charge in [-0.1, -0.05) is 6.42 Å². The Labute approximate surface area is 77.6 Å². The fourth-order valence-corrected chi connectivity index (χ4v) is 3.22. The van der Waals surface area contributed by atoms with E-state index >= 15 is 0 Å². The van der Waals surface area contributed by atoms with Crippen LogP contribution in [0, 0.1) is 6.92 Å². The van der Waals surface area contributed by atoms with Crippen LogP contribution in [-0.2, 0) is 0 Å². The molecule has 0 saturated heterocycles. The summed E-state index contributed by atoms with van der Waals surface area (Å²) in [5.74, 6) is 0.657. The molecule has 1 aromatic rings. The lowest BCUT2D eigenvalue weighted by molar-refractivity contribution is 0.619. The zero-order chi connectivity index (χ0) is 8.55. The number of nitrogens with two attached hydrogens (primary N) is 1. The van der Waals surface area contributed by atoms with Crippen molar-refractivity contribution in [3.63, 3.8) is 0 Å². The van der Waals surface area contributed by atoms with Crippen molar-refractivity contribution in [3.8, 4) is 0 Å². The minimum absolute atomic E-state index is 0.419. The van der Waals surface area contributed by atoms with E-state index < -0.39 is 0 Å². The Kier molecular flexibility index (Phi) is 2.20. The third-order valence-corrected chi connectivity index (χ3v) is 3.96. The minimum Gasteiger partial charge on any atom is -0.327 e. The second-order valence-corrected chi connectivity index (χ2v) is 4.62. The van der Waals surface area contributed by atoms with Gasteiger partial charge in [-0.2, -0.15) is 0 Å². The van der Waals surface area contributed by atoms with E-state index in [4.69, 9.17) is 5.73 Å². The second kappa shape index (κ2) is 3.19. The van der Waals surface area contributed by atoms with Gasteiger partial charge in [-0.3, -0.25) is 0 Å². The molecular weight excluding hydrogens is 166 g/mol. The van der Waals surface area contributed by atoms with E-state index in [0.717, 1.165) is 0 Å². The average Bonchev–Trinajstić information content (AvgIpc) is 2.59. The molecule has 0 radical (unpaired) electrons. The largest absolute Gasteiger partial charge is 0.327 e. The molecule has 2 atom stereocenters. The Morgan fingerprint density at radius 2 is 2.33 bits per heavy atom. The molecule has 2 heteroatoms. The number of aryl methyl sites for hydroxylation is 1. The molecule has 1 heterocycles. The standard InChI is InChI=1S/C10H15NS/c1-7-5-6-12-10(7)8-3-2-4-9(8)11/h5-6,8-9H,2-4,11H2,1H3. The summed E-state index contributed by atoms with van der Waals surface area (Å²) in [6.45, 7) is 2.19. The first kappa shape index (κ1) is 8.27. The van der Waals surface area contributed by atoms with Gasteiger partial charge in [0.15, 0.2) is 0 Å². The fourth-order valence-electron chi connectivity index (χ4n) is 2.08. The molecule has 0 aromatic carbocycles. The highest BCUT2D eigenvalue weighted by Gasteiger charge is 2.27. The summed E-state index contributed by atoms with van der Waals surface area (Å²) in [4.78, 5) is 1.53. The van der Waals surface area contributed by atoms with Crippen LogP contribution in [0.5, 0.6) is 0 Å². The van der Waals surface area contributed by atoms with E-state index in [1.807, 2.05) is 11.3 Å². The quantitative estimate of drug-likeness (QED) is 0.708. The number of rotatable bonds is 1. The molecule has 1 saturated carbocycles. The number of hydrogen-bond acceptors (Lipinski definition) is 2. The van der Waals surface area contributed by atoms with Gasteiger partial charge >= 0.3 is 0 Å². The first-order chi connectivity index (χ1) is 5.79. The third-order valence-electron chi connectivity index (χ3n) is 2.81. The maximum atomic E-state index is 6.05. The Morgan fingerprint density at radius 3 is 2.83 bits per heavy atom. The van der Waals surface area contributed by atoms with Gasteiger partial charge < -0.3 is 5.73 Å². The maximum Gasteiger partial charge on any atom is 0.0121 e. The summed E-state index contributed by atoms with van der Waals surface area (Å²) in [6, 6.07) is 2.62. The summed E-state index contributed by atoms with van der Waals surface area (Å²) in [5, 5.41) is 2.18. The van der Waals surface area contributed by atoms with E-state index in [9.17, 15) is 0 Å². The molecule has 2 rings (SSSR count). The van der Waals surface area contributed by atoms with Crippen LogP contribution in [-0.4, -0.2) is 6.04 Å². The van der Waals surface area contributed by atoms with Gasteiger partial charge in [0.1, 0.15) is 0 Å². The topological polar surface area (TPSA) is 26.0 Å². The summed E-state index contributed by atoms with van der Waals surface area (Å²) >= 11 is 1.87. The second-order valence-electron chi connectivity index (χ2n) is 3.67. The fraction of sp³-hybridized carbons (Fsp3) is 0.600. The normalized spacial score (nSPS) is 29.5. The molecule has 2 N–H and O–H groups in total. The molecule has 1 aliphatic rings. The maximum absolute atomic E-state index is 6.05. The number of hydrogen-bond donors (Lipinski definition) is 1.